The lowest BCUT2D eigenvalue weighted by Crippen LogP contribution is -2.39. The van der Waals surface area contributed by atoms with Crippen LogP contribution in [-0.2, 0) is 10.9 Å². The van der Waals surface area contributed by atoms with Crippen molar-refractivity contribution < 1.29 is 17.9 Å². The van der Waals surface area contributed by atoms with Crippen LogP contribution in [0.1, 0.15) is 5.56 Å². The van der Waals surface area contributed by atoms with Crippen molar-refractivity contribution in [3.05, 3.63) is 23.9 Å². The molecule has 3 nitrogen and oxygen atoms in total. The Bertz CT molecular complexity index is 377. The van der Waals surface area contributed by atoms with Gasteiger partial charge in [0.25, 0.3) is 0 Å². The van der Waals surface area contributed by atoms with E-state index in [1.165, 1.54) is 17.8 Å². The van der Waals surface area contributed by atoms with Crippen molar-refractivity contribution in [3.63, 3.8) is 0 Å². The Morgan fingerprint density at radius 3 is 2.83 bits per heavy atom. The standard InChI is InChI=1S/C11H13F3N2OS/c12-11(13,14)8-1-2-10(16-5-8)18-7-9-6-15-3-4-17-9/h1-2,5,9,15H,3-4,6-7H2. The summed E-state index contributed by atoms with van der Waals surface area (Å²) in [6, 6.07) is 2.44. The molecule has 18 heavy (non-hydrogen) atoms. The van der Waals surface area contributed by atoms with E-state index in [0.717, 1.165) is 25.4 Å². The molecule has 0 aromatic carbocycles. The van der Waals surface area contributed by atoms with Crippen molar-refractivity contribution in [2.75, 3.05) is 25.4 Å². The minimum Gasteiger partial charge on any atom is -0.375 e. The van der Waals surface area contributed by atoms with Gasteiger partial charge in [-0.05, 0) is 12.1 Å². The van der Waals surface area contributed by atoms with Crippen molar-refractivity contribution in [1.82, 2.24) is 10.3 Å². The fourth-order valence-corrected chi connectivity index (χ4v) is 2.40. The van der Waals surface area contributed by atoms with Gasteiger partial charge in [0, 0.05) is 25.0 Å². The van der Waals surface area contributed by atoms with Crippen molar-refractivity contribution in [2.45, 2.75) is 17.3 Å². The molecule has 100 valence electrons. The van der Waals surface area contributed by atoms with Gasteiger partial charge in [0.1, 0.15) is 0 Å². The van der Waals surface area contributed by atoms with Gasteiger partial charge in [-0.15, -0.1) is 11.8 Å². The van der Waals surface area contributed by atoms with Gasteiger partial charge in [0.2, 0.25) is 0 Å². The Balaban J connectivity index is 1.86. The number of hydrogen-bond acceptors (Lipinski definition) is 4. The Morgan fingerprint density at radius 1 is 1.44 bits per heavy atom. The number of halogens is 3. The van der Waals surface area contributed by atoms with Crippen LogP contribution >= 0.6 is 11.8 Å². The van der Waals surface area contributed by atoms with Gasteiger partial charge in [0.15, 0.2) is 0 Å². The molecule has 2 rings (SSSR count). The van der Waals surface area contributed by atoms with Crippen LogP contribution in [0.25, 0.3) is 0 Å². The Hall–Kier alpha value is -0.790. The third kappa shape index (κ3) is 3.86. The van der Waals surface area contributed by atoms with Crippen LogP contribution in [-0.4, -0.2) is 36.5 Å². The first-order chi connectivity index (χ1) is 8.55. The number of rotatable bonds is 3. The van der Waals surface area contributed by atoms with Gasteiger partial charge in [-0.25, -0.2) is 4.98 Å². The van der Waals surface area contributed by atoms with Gasteiger partial charge in [0.05, 0.1) is 23.3 Å². The molecule has 0 bridgehead atoms. The zero-order chi connectivity index (χ0) is 13.0. The average Bonchev–Trinajstić information content (AvgIpc) is 2.37. The normalized spacial score (nSPS) is 20.9. The maximum atomic E-state index is 12.3. The lowest BCUT2D eigenvalue weighted by Gasteiger charge is -2.22. The van der Waals surface area contributed by atoms with Crippen LogP contribution < -0.4 is 5.32 Å². The highest BCUT2D eigenvalue weighted by Crippen LogP contribution is 2.29. The number of ether oxygens (including phenoxy) is 1. The van der Waals surface area contributed by atoms with Gasteiger partial charge in [-0.2, -0.15) is 13.2 Å². The van der Waals surface area contributed by atoms with Crippen LogP contribution in [0.4, 0.5) is 13.2 Å². The third-order valence-corrected chi connectivity index (χ3v) is 3.56. The summed E-state index contributed by atoms with van der Waals surface area (Å²) in [5.41, 5.74) is -0.720. The molecular weight excluding hydrogens is 265 g/mol. The second-order valence-corrected chi connectivity index (χ2v) is 4.93. The number of hydrogen-bond donors (Lipinski definition) is 1. The Morgan fingerprint density at radius 2 is 2.28 bits per heavy atom. The van der Waals surface area contributed by atoms with E-state index in [9.17, 15) is 13.2 Å². The highest BCUT2D eigenvalue weighted by molar-refractivity contribution is 7.99. The molecule has 0 saturated carbocycles. The van der Waals surface area contributed by atoms with E-state index in [1.54, 1.807) is 0 Å². The second kappa shape index (κ2) is 5.90. The predicted octanol–water partition coefficient (Wildman–Crippen LogP) is 2.18. The molecule has 1 aliphatic rings. The zero-order valence-electron chi connectivity index (χ0n) is 9.54. The molecule has 1 saturated heterocycles. The fourth-order valence-electron chi connectivity index (χ4n) is 1.54. The van der Waals surface area contributed by atoms with E-state index in [1.807, 2.05) is 0 Å². The summed E-state index contributed by atoms with van der Waals surface area (Å²) in [4.78, 5) is 3.80. The topological polar surface area (TPSA) is 34.1 Å². The summed E-state index contributed by atoms with van der Waals surface area (Å²) in [7, 11) is 0. The third-order valence-electron chi connectivity index (χ3n) is 2.49. The molecule has 1 unspecified atom stereocenters. The van der Waals surface area contributed by atoms with Crippen LogP contribution in [0.3, 0.4) is 0 Å². The average molecular weight is 278 g/mol. The first-order valence-corrected chi connectivity index (χ1v) is 6.52. The van der Waals surface area contributed by atoms with E-state index in [-0.39, 0.29) is 6.10 Å². The number of nitrogens with zero attached hydrogens (tertiary/aromatic N) is 1. The molecule has 1 aliphatic heterocycles. The lowest BCUT2D eigenvalue weighted by molar-refractivity contribution is -0.137. The number of morpholine rings is 1. The number of alkyl halides is 3. The van der Waals surface area contributed by atoms with Gasteiger partial charge in [-0.3, -0.25) is 0 Å². The minimum absolute atomic E-state index is 0.0906. The maximum absolute atomic E-state index is 12.3. The zero-order valence-corrected chi connectivity index (χ0v) is 10.4. The molecule has 0 aliphatic carbocycles. The first-order valence-electron chi connectivity index (χ1n) is 5.54. The summed E-state index contributed by atoms with van der Waals surface area (Å²) >= 11 is 1.40. The quantitative estimate of drug-likeness (QED) is 0.859. The molecule has 2 heterocycles. The smallest absolute Gasteiger partial charge is 0.375 e. The fraction of sp³-hybridized carbons (Fsp3) is 0.545. The van der Waals surface area contributed by atoms with Gasteiger partial charge in [-0.1, -0.05) is 0 Å². The van der Waals surface area contributed by atoms with E-state index < -0.39 is 11.7 Å². The largest absolute Gasteiger partial charge is 0.417 e. The van der Waals surface area contributed by atoms with Crippen molar-refractivity contribution in [3.8, 4) is 0 Å². The monoisotopic (exact) mass is 278 g/mol. The lowest BCUT2D eigenvalue weighted by atomic mass is 10.3. The minimum atomic E-state index is -4.33. The number of pyridine rings is 1. The summed E-state index contributed by atoms with van der Waals surface area (Å²) in [5.74, 6) is 0.686. The first kappa shape index (κ1) is 13.6. The van der Waals surface area contributed by atoms with E-state index >= 15 is 0 Å². The van der Waals surface area contributed by atoms with Crippen molar-refractivity contribution >= 4 is 11.8 Å². The molecule has 1 atom stereocenters. The van der Waals surface area contributed by atoms with E-state index in [2.05, 4.69) is 10.3 Å². The second-order valence-electron chi connectivity index (χ2n) is 3.89. The molecule has 0 spiro atoms. The van der Waals surface area contributed by atoms with Crippen LogP contribution in [0, 0.1) is 0 Å². The molecule has 1 N–H and O–H groups in total. The molecule has 0 radical (unpaired) electrons. The SMILES string of the molecule is FC(F)(F)c1ccc(SCC2CNCCO2)nc1. The molecule has 1 fully saturated rings. The van der Waals surface area contributed by atoms with Crippen molar-refractivity contribution in [1.29, 1.82) is 0 Å². The number of nitrogens with one attached hydrogen (secondary N) is 1. The van der Waals surface area contributed by atoms with Crippen molar-refractivity contribution in [2.24, 2.45) is 0 Å². The van der Waals surface area contributed by atoms with Crippen LogP contribution in [0.5, 0.6) is 0 Å². The molecule has 1 aromatic rings. The van der Waals surface area contributed by atoms with Gasteiger partial charge >= 0.3 is 6.18 Å². The molecule has 7 heteroatoms. The molecule has 1 aromatic heterocycles. The summed E-state index contributed by atoms with van der Waals surface area (Å²) in [6.07, 6.45) is -3.37. The summed E-state index contributed by atoms with van der Waals surface area (Å²) in [6.45, 7) is 2.29. The number of thioether (sulfide) groups is 1. The van der Waals surface area contributed by atoms with Crippen LogP contribution in [0.15, 0.2) is 23.4 Å². The highest BCUT2D eigenvalue weighted by atomic mass is 32.2. The van der Waals surface area contributed by atoms with E-state index in [0.29, 0.717) is 17.4 Å². The Labute approximate surface area is 107 Å². The Kier molecular flexibility index (Phi) is 4.47. The van der Waals surface area contributed by atoms with Crippen LogP contribution in [0.2, 0.25) is 0 Å². The molecule has 0 amide bonds. The van der Waals surface area contributed by atoms with Gasteiger partial charge < -0.3 is 10.1 Å². The van der Waals surface area contributed by atoms with E-state index in [4.69, 9.17) is 4.74 Å². The number of aromatic nitrogens is 1. The summed E-state index contributed by atoms with van der Waals surface area (Å²) < 4.78 is 42.5. The predicted molar refractivity (Wildman–Crippen MR) is 62.6 cm³/mol. The highest BCUT2D eigenvalue weighted by Gasteiger charge is 2.30. The molecular formula is C11H13F3N2OS. The maximum Gasteiger partial charge on any atom is 0.417 e. The summed E-state index contributed by atoms with van der Waals surface area (Å²) in [5, 5.41) is 3.77.